The number of aromatic nitrogens is 1. The van der Waals surface area contributed by atoms with Gasteiger partial charge in [-0.3, -0.25) is 4.98 Å². The predicted octanol–water partition coefficient (Wildman–Crippen LogP) is -0.535. The average molecular weight is 278 g/mol. The van der Waals surface area contributed by atoms with E-state index < -0.39 is 5.97 Å². The molecule has 1 aromatic rings. The average Bonchev–Trinajstić information content (AvgIpc) is 3.33. The number of carbonyl (C=O) groups is 1. The quantitative estimate of drug-likeness (QED) is 0.806. The summed E-state index contributed by atoms with van der Waals surface area (Å²) in [5, 5.41) is 13.0. The Labute approximate surface area is 119 Å². The Hall–Kier alpha value is -1.46. The van der Waals surface area contributed by atoms with Crippen LogP contribution in [0.2, 0.25) is 0 Å². The number of rotatable bonds is 3. The molecule has 2 fully saturated rings. The van der Waals surface area contributed by atoms with Gasteiger partial charge >= 0.3 is 0 Å². The van der Waals surface area contributed by atoms with Gasteiger partial charge in [-0.1, -0.05) is 6.92 Å². The first-order chi connectivity index (χ1) is 9.72. The van der Waals surface area contributed by atoms with Crippen LogP contribution in [0.3, 0.4) is 0 Å². The van der Waals surface area contributed by atoms with E-state index in [4.69, 9.17) is 4.74 Å². The number of carboxylic acids is 1. The van der Waals surface area contributed by atoms with E-state index in [9.17, 15) is 9.90 Å². The van der Waals surface area contributed by atoms with Crippen molar-refractivity contribution in [1.29, 1.82) is 0 Å². The maximum Gasteiger partial charge on any atom is 0.0993 e. The van der Waals surface area contributed by atoms with E-state index in [1.54, 1.807) is 6.07 Å². The first-order valence-electron chi connectivity index (χ1n) is 7.33. The second-order valence-electron chi connectivity index (χ2n) is 5.12. The van der Waals surface area contributed by atoms with Gasteiger partial charge in [0.05, 0.1) is 32.3 Å². The van der Waals surface area contributed by atoms with E-state index in [0.717, 1.165) is 32.0 Å². The van der Waals surface area contributed by atoms with Crippen LogP contribution in [-0.2, 0) is 11.2 Å². The van der Waals surface area contributed by atoms with E-state index in [2.05, 4.69) is 10.3 Å². The summed E-state index contributed by atoms with van der Waals surface area (Å²) < 4.78 is 5.04. The Morgan fingerprint density at radius 1 is 1.40 bits per heavy atom. The molecule has 0 aromatic carbocycles. The maximum absolute atomic E-state index is 10.7. The summed E-state index contributed by atoms with van der Waals surface area (Å²) in [4.78, 5) is 15.1. The fourth-order valence-electron chi connectivity index (χ4n) is 2.16. The predicted molar refractivity (Wildman–Crippen MR) is 72.4 cm³/mol. The molecule has 2 aliphatic rings. The molecule has 20 heavy (non-hydrogen) atoms. The highest BCUT2D eigenvalue weighted by molar-refractivity contribution is 5.87. The fourth-order valence-corrected chi connectivity index (χ4v) is 2.16. The number of pyridine rings is 1. The van der Waals surface area contributed by atoms with Crippen LogP contribution in [0, 0.1) is 0 Å². The van der Waals surface area contributed by atoms with Crippen molar-refractivity contribution in [2.45, 2.75) is 32.1 Å². The summed E-state index contributed by atoms with van der Waals surface area (Å²) in [6.45, 7) is 6.10. The molecule has 1 aliphatic heterocycles. The summed E-state index contributed by atoms with van der Waals surface area (Å²) in [5.41, 5.74) is 1.91. The first-order valence-corrected chi connectivity index (χ1v) is 7.33. The lowest BCUT2D eigenvalue weighted by Crippen LogP contribution is -2.87. The van der Waals surface area contributed by atoms with Crippen molar-refractivity contribution in [1.82, 2.24) is 4.98 Å². The summed E-state index contributed by atoms with van der Waals surface area (Å²) in [7, 11) is 0. The Kier molecular flexibility index (Phi) is 5.49. The number of quaternary nitrogens is 1. The maximum atomic E-state index is 10.7. The van der Waals surface area contributed by atoms with Crippen molar-refractivity contribution in [3.63, 3.8) is 0 Å². The summed E-state index contributed by atoms with van der Waals surface area (Å²) >= 11 is 0. The zero-order valence-corrected chi connectivity index (χ0v) is 11.9. The summed E-state index contributed by atoms with van der Waals surface area (Å²) in [6.07, 6.45) is 3.01. The second-order valence-corrected chi connectivity index (χ2v) is 5.12. The monoisotopic (exact) mass is 278 g/mol. The lowest BCUT2D eigenvalue weighted by atomic mass is 10.1. The minimum Gasteiger partial charge on any atom is -0.545 e. The lowest BCUT2D eigenvalue weighted by molar-refractivity contribution is -0.670. The van der Waals surface area contributed by atoms with Gasteiger partial charge in [-0.2, -0.15) is 0 Å². The number of nitrogens with zero attached hydrogens (tertiary/aromatic N) is 1. The number of nitrogens with two attached hydrogens (primary N) is 1. The molecule has 0 spiro atoms. The van der Waals surface area contributed by atoms with Crippen molar-refractivity contribution in [2.24, 2.45) is 0 Å². The highest BCUT2D eigenvalue weighted by Crippen LogP contribution is 2.39. The minimum absolute atomic E-state index is 0.233. The molecule has 5 nitrogen and oxygen atoms in total. The SMILES string of the molecule is C1COCC[NH2+]1.CCc1nc(C2CC2)ccc1C(=O)[O-]. The number of hydrogen-bond donors (Lipinski definition) is 1. The molecule has 0 amide bonds. The standard InChI is InChI=1S/C11H13NO2.C4H9NO/c1-2-9-8(11(13)14)5-6-10(12-9)7-3-4-7;1-3-6-4-2-5-1/h5-7H,2-4H2,1H3,(H,13,14);5H,1-4H2. The Balaban J connectivity index is 0.000000205. The molecule has 2 heterocycles. The molecule has 0 unspecified atom stereocenters. The van der Waals surface area contributed by atoms with Crippen molar-refractivity contribution >= 4 is 5.97 Å². The molecule has 1 aromatic heterocycles. The third-order valence-corrected chi connectivity index (χ3v) is 3.48. The van der Waals surface area contributed by atoms with Gasteiger partial charge in [-0.15, -0.1) is 0 Å². The molecule has 3 rings (SSSR count). The molecule has 5 heteroatoms. The van der Waals surface area contributed by atoms with E-state index in [-0.39, 0.29) is 5.56 Å². The number of aryl methyl sites for hydroxylation is 1. The molecule has 0 bridgehead atoms. The normalized spacial score (nSPS) is 18.1. The van der Waals surface area contributed by atoms with Crippen molar-refractivity contribution in [3.8, 4) is 0 Å². The molecule has 1 saturated heterocycles. The van der Waals surface area contributed by atoms with E-state index in [1.165, 1.54) is 12.8 Å². The molecule has 2 N–H and O–H groups in total. The van der Waals surface area contributed by atoms with Crippen LogP contribution in [0.25, 0.3) is 0 Å². The van der Waals surface area contributed by atoms with Crippen LogP contribution < -0.4 is 10.4 Å². The minimum atomic E-state index is -1.13. The molecule has 1 saturated carbocycles. The number of morpholine rings is 1. The Morgan fingerprint density at radius 2 is 2.10 bits per heavy atom. The van der Waals surface area contributed by atoms with Gasteiger partial charge in [0.1, 0.15) is 0 Å². The molecule has 0 radical (unpaired) electrons. The number of carbonyl (C=O) groups excluding carboxylic acids is 1. The lowest BCUT2D eigenvalue weighted by Gasteiger charge is -2.09. The van der Waals surface area contributed by atoms with Gasteiger partial charge in [0.2, 0.25) is 0 Å². The van der Waals surface area contributed by atoms with E-state index in [1.807, 2.05) is 13.0 Å². The molecule has 110 valence electrons. The smallest absolute Gasteiger partial charge is 0.0993 e. The Morgan fingerprint density at radius 3 is 2.50 bits per heavy atom. The van der Waals surface area contributed by atoms with Crippen molar-refractivity contribution in [3.05, 3.63) is 29.1 Å². The van der Waals surface area contributed by atoms with Gasteiger partial charge < -0.3 is 20.0 Å². The number of aromatic carboxylic acids is 1. The molecule has 0 atom stereocenters. The third kappa shape index (κ3) is 4.28. The zero-order chi connectivity index (χ0) is 14.4. The third-order valence-electron chi connectivity index (χ3n) is 3.48. The topological polar surface area (TPSA) is 78.9 Å². The molecule has 1 aliphatic carbocycles. The Bertz CT molecular complexity index is 443. The molecular weight excluding hydrogens is 256 g/mol. The van der Waals surface area contributed by atoms with E-state index in [0.29, 0.717) is 18.0 Å². The first kappa shape index (κ1) is 14.9. The van der Waals surface area contributed by atoms with Crippen LogP contribution in [0.1, 0.15) is 47.4 Å². The van der Waals surface area contributed by atoms with Crippen molar-refractivity contribution in [2.75, 3.05) is 26.3 Å². The number of hydrogen-bond acceptors (Lipinski definition) is 4. The highest BCUT2D eigenvalue weighted by atomic mass is 16.5. The van der Waals surface area contributed by atoms with Gasteiger partial charge in [0.25, 0.3) is 0 Å². The van der Waals surface area contributed by atoms with Crippen LogP contribution in [0.4, 0.5) is 0 Å². The summed E-state index contributed by atoms with van der Waals surface area (Å²) in [5.74, 6) is -0.562. The van der Waals surface area contributed by atoms with Crippen LogP contribution in [0.5, 0.6) is 0 Å². The molecular formula is C15H22N2O3. The fraction of sp³-hybridized carbons (Fsp3) is 0.600. The van der Waals surface area contributed by atoms with Crippen LogP contribution >= 0.6 is 0 Å². The largest absolute Gasteiger partial charge is 0.545 e. The van der Waals surface area contributed by atoms with Gasteiger partial charge in [0, 0.05) is 22.9 Å². The number of ether oxygens (including phenoxy) is 1. The second kappa shape index (κ2) is 7.36. The van der Waals surface area contributed by atoms with Gasteiger partial charge in [-0.05, 0) is 31.4 Å². The van der Waals surface area contributed by atoms with Crippen LogP contribution in [-0.4, -0.2) is 37.3 Å². The zero-order valence-electron chi connectivity index (χ0n) is 11.9. The van der Waals surface area contributed by atoms with E-state index >= 15 is 0 Å². The highest BCUT2D eigenvalue weighted by Gasteiger charge is 2.25. The van der Waals surface area contributed by atoms with Crippen molar-refractivity contribution < 1.29 is 20.0 Å². The van der Waals surface area contributed by atoms with Gasteiger partial charge in [-0.25, -0.2) is 0 Å². The van der Waals surface area contributed by atoms with Crippen LogP contribution in [0.15, 0.2) is 12.1 Å². The summed E-state index contributed by atoms with van der Waals surface area (Å²) in [6, 6.07) is 3.43. The number of carboxylic acid groups (broad SMARTS) is 1. The van der Waals surface area contributed by atoms with Gasteiger partial charge in [0.15, 0.2) is 0 Å².